The number of hydrogen-bond donors (Lipinski definition) is 1. The molecule has 6 heteroatoms. The Kier molecular flexibility index (Phi) is 7.03. The first-order valence-electron chi connectivity index (χ1n) is 9.25. The van der Waals surface area contributed by atoms with Crippen LogP contribution in [0.5, 0.6) is 11.5 Å². The van der Waals surface area contributed by atoms with Crippen LogP contribution in [0.15, 0.2) is 54.7 Å². The highest BCUT2D eigenvalue weighted by atomic mass is 32.1. The number of benzene rings is 2. The van der Waals surface area contributed by atoms with Gasteiger partial charge in [-0.15, -0.1) is 11.3 Å². The Morgan fingerprint density at radius 1 is 1.04 bits per heavy atom. The molecule has 0 aliphatic carbocycles. The summed E-state index contributed by atoms with van der Waals surface area (Å²) in [5.41, 5.74) is 2.57. The minimum atomic E-state index is -0.110. The van der Waals surface area contributed by atoms with E-state index in [-0.39, 0.29) is 12.3 Å². The van der Waals surface area contributed by atoms with Gasteiger partial charge in [-0.2, -0.15) is 0 Å². The maximum atomic E-state index is 12.1. The summed E-state index contributed by atoms with van der Waals surface area (Å²) in [5, 5.41) is 3.46. The summed E-state index contributed by atoms with van der Waals surface area (Å²) in [5.74, 6) is 1.37. The summed E-state index contributed by atoms with van der Waals surface area (Å²) >= 11 is 1.50. The molecule has 2 aromatic carbocycles. The van der Waals surface area contributed by atoms with E-state index in [4.69, 9.17) is 9.47 Å². The van der Waals surface area contributed by atoms with Crippen molar-refractivity contribution in [3.8, 4) is 11.5 Å². The number of nitrogens with one attached hydrogen (secondary N) is 1. The number of carbonyl (C=O) groups excluding carboxylic acids is 1. The number of ether oxygens (including phenoxy) is 2. The number of carbonyl (C=O) groups is 1. The third-order valence-corrected chi connectivity index (χ3v) is 5.18. The van der Waals surface area contributed by atoms with Gasteiger partial charge in [-0.05, 0) is 41.8 Å². The molecule has 3 aromatic rings. The fourth-order valence-electron chi connectivity index (χ4n) is 2.66. The lowest BCUT2D eigenvalue weighted by molar-refractivity contribution is -0.116. The molecule has 1 amide bonds. The number of rotatable bonds is 9. The molecule has 0 aliphatic rings. The van der Waals surface area contributed by atoms with Gasteiger partial charge in [0.25, 0.3) is 0 Å². The van der Waals surface area contributed by atoms with Crippen LogP contribution in [0.25, 0.3) is 0 Å². The first-order chi connectivity index (χ1) is 13.7. The number of anilines is 1. The molecule has 0 bridgehead atoms. The number of aromatic nitrogens is 1. The Hall–Kier alpha value is -2.86. The van der Waals surface area contributed by atoms with Crippen molar-refractivity contribution in [1.29, 1.82) is 0 Å². The molecule has 1 N–H and O–H groups in total. The summed E-state index contributed by atoms with van der Waals surface area (Å²) in [6, 6.07) is 15.9. The maximum Gasteiger partial charge on any atom is 0.229 e. The highest BCUT2D eigenvalue weighted by Gasteiger charge is 2.08. The molecule has 0 radical (unpaired) electrons. The van der Waals surface area contributed by atoms with Crippen molar-refractivity contribution >= 4 is 22.4 Å². The van der Waals surface area contributed by atoms with E-state index in [9.17, 15) is 4.79 Å². The Bertz CT molecular complexity index is 889. The van der Waals surface area contributed by atoms with E-state index in [0.717, 1.165) is 23.5 Å². The molecular formula is C22H24N2O3S. The van der Waals surface area contributed by atoms with Gasteiger partial charge >= 0.3 is 0 Å². The smallest absolute Gasteiger partial charge is 0.229 e. The fourth-order valence-corrected chi connectivity index (χ4v) is 3.52. The van der Waals surface area contributed by atoms with Crippen LogP contribution in [-0.4, -0.2) is 24.6 Å². The van der Waals surface area contributed by atoms with Crippen LogP contribution in [0, 0.1) is 0 Å². The van der Waals surface area contributed by atoms with E-state index in [1.165, 1.54) is 22.5 Å². The Morgan fingerprint density at radius 2 is 1.71 bits per heavy atom. The molecular weight excluding hydrogens is 372 g/mol. The second-order valence-electron chi connectivity index (χ2n) is 6.30. The zero-order valence-corrected chi connectivity index (χ0v) is 16.9. The summed E-state index contributed by atoms with van der Waals surface area (Å²) in [4.78, 5) is 17.5. The molecule has 28 heavy (non-hydrogen) atoms. The monoisotopic (exact) mass is 396 g/mol. The molecule has 1 aromatic heterocycles. The topological polar surface area (TPSA) is 60.5 Å². The van der Waals surface area contributed by atoms with Crippen molar-refractivity contribution in [3.63, 3.8) is 0 Å². The number of aryl methyl sites for hydroxylation is 1. The lowest BCUT2D eigenvalue weighted by Crippen LogP contribution is -2.14. The van der Waals surface area contributed by atoms with Crippen LogP contribution in [0.3, 0.4) is 0 Å². The number of amides is 1. The first kappa shape index (κ1) is 19.9. The molecule has 0 spiro atoms. The van der Waals surface area contributed by atoms with E-state index in [1.807, 2.05) is 30.5 Å². The second-order valence-corrected chi connectivity index (χ2v) is 7.42. The van der Waals surface area contributed by atoms with Crippen molar-refractivity contribution in [1.82, 2.24) is 4.98 Å². The van der Waals surface area contributed by atoms with Gasteiger partial charge in [0.15, 0.2) is 5.13 Å². The molecule has 5 nitrogen and oxygen atoms in total. The van der Waals surface area contributed by atoms with Gasteiger partial charge in [-0.1, -0.05) is 31.2 Å². The van der Waals surface area contributed by atoms with E-state index in [1.54, 1.807) is 7.11 Å². The third-order valence-electron chi connectivity index (χ3n) is 4.27. The van der Waals surface area contributed by atoms with Gasteiger partial charge in [0.2, 0.25) is 5.91 Å². The molecule has 146 valence electrons. The van der Waals surface area contributed by atoms with Crippen molar-refractivity contribution < 1.29 is 14.3 Å². The predicted molar refractivity (Wildman–Crippen MR) is 112 cm³/mol. The molecule has 3 rings (SSSR count). The number of methoxy groups -OCH3 is 1. The molecule has 0 atom stereocenters. The average Bonchev–Trinajstić information content (AvgIpc) is 3.15. The highest BCUT2D eigenvalue weighted by molar-refractivity contribution is 7.15. The molecule has 0 aliphatic heterocycles. The van der Waals surface area contributed by atoms with Crippen molar-refractivity contribution in [2.24, 2.45) is 0 Å². The molecule has 0 saturated carbocycles. The van der Waals surface area contributed by atoms with E-state index >= 15 is 0 Å². The minimum Gasteiger partial charge on any atom is -0.497 e. The van der Waals surface area contributed by atoms with Gasteiger partial charge < -0.3 is 14.8 Å². The van der Waals surface area contributed by atoms with Crippen LogP contribution in [0.2, 0.25) is 0 Å². The zero-order valence-electron chi connectivity index (χ0n) is 16.1. The number of hydrogen-bond acceptors (Lipinski definition) is 5. The molecule has 0 unspecified atom stereocenters. The Morgan fingerprint density at radius 3 is 2.39 bits per heavy atom. The lowest BCUT2D eigenvalue weighted by Gasteiger charge is -2.06. The van der Waals surface area contributed by atoms with Crippen molar-refractivity contribution in [2.45, 2.75) is 26.2 Å². The summed E-state index contributed by atoms with van der Waals surface area (Å²) in [7, 11) is 1.62. The maximum absolute atomic E-state index is 12.1. The number of thiazole rings is 1. The third kappa shape index (κ3) is 5.82. The number of nitrogens with zero attached hydrogens (tertiary/aromatic N) is 1. The summed E-state index contributed by atoms with van der Waals surface area (Å²) in [6.45, 7) is 2.45. The normalized spacial score (nSPS) is 10.5. The van der Waals surface area contributed by atoms with Crippen LogP contribution in [-0.2, 0) is 17.6 Å². The Labute approximate surface area is 169 Å². The quantitative estimate of drug-likeness (QED) is 0.569. The highest BCUT2D eigenvalue weighted by Crippen LogP contribution is 2.22. The van der Waals surface area contributed by atoms with Gasteiger partial charge in [0, 0.05) is 17.5 Å². The standard InChI is InChI=1S/C22H24N2O3S/c1-3-16-4-6-17(7-5-16)14-20-15-23-22(28-20)24-21(25)12-13-27-19-10-8-18(26-2)9-11-19/h4-11,15H,3,12-14H2,1-2H3,(H,23,24,25). The van der Waals surface area contributed by atoms with Gasteiger partial charge in [-0.25, -0.2) is 4.98 Å². The predicted octanol–water partition coefficient (Wildman–Crippen LogP) is 4.71. The largest absolute Gasteiger partial charge is 0.497 e. The fraction of sp³-hybridized carbons (Fsp3) is 0.273. The van der Waals surface area contributed by atoms with Crippen LogP contribution < -0.4 is 14.8 Å². The minimum absolute atomic E-state index is 0.110. The first-order valence-corrected chi connectivity index (χ1v) is 10.1. The average molecular weight is 397 g/mol. The summed E-state index contributed by atoms with van der Waals surface area (Å²) in [6.07, 6.45) is 3.94. The zero-order chi connectivity index (χ0) is 19.8. The van der Waals surface area contributed by atoms with Crippen molar-refractivity contribution in [3.05, 3.63) is 70.7 Å². The van der Waals surface area contributed by atoms with Gasteiger partial charge in [0.1, 0.15) is 11.5 Å². The van der Waals surface area contributed by atoms with Gasteiger partial charge in [-0.3, -0.25) is 4.79 Å². The van der Waals surface area contributed by atoms with E-state index in [2.05, 4.69) is 41.5 Å². The SMILES string of the molecule is CCc1ccc(Cc2cnc(NC(=O)CCOc3ccc(OC)cc3)s2)cc1. The second kappa shape index (κ2) is 9.90. The van der Waals surface area contributed by atoms with Crippen LogP contribution >= 0.6 is 11.3 Å². The molecule has 0 saturated heterocycles. The molecule has 1 heterocycles. The lowest BCUT2D eigenvalue weighted by atomic mass is 10.1. The van der Waals surface area contributed by atoms with E-state index < -0.39 is 0 Å². The Balaban J connectivity index is 1.43. The van der Waals surface area contributed by atoms with Crippen LogP contribution in [0.1, 0.15) is 29.3 Å². The van der Waals surface area contributed by atoms with E-state index in [0.29, 0.717) is 17.5 Å². The summed E-state index contributed by atoms with van der Waals surface area (Å²) < 4.78 is 10.7. The molecule has 0 fully saturated rings. The van der Waals surface area contributed by atoms with Gasteiger partial charge in [0.05, 0.1) is 20.1 Å². The van der Waals surface area contributed by atoms with Crippen LogP contribution in [0.4, 0.5) is 5.13 Å². The van der Waals surface area contributed by atoms with Crippen molar-refractivity contribution in [2.75, 3.05) is 19.0 Å².